The minimum atomic E-state index is -0.159. The van der Waals surface area contributed by atoms with E-state index in [1.807, 2.05) is 66.9 Å². The summed E-state index contributed by atoms with van der Waals surface area (Å²) in [6, 6.07) is 24.7. The molecule has 1 aliphatic rings. The van der Waals surface area contributed by atoms with Crippen LogP contribution in [0.1, 0.15) is 23.5 Å². The summed E-state index contributed by atoms with van der Waals surface area (Å²) in [5.74, 6) is 0.995. The van der Waals surface area contributed by atoms with E-state index in [4.69, 9.17) is 17.0 Å². The predicted octanol–water partition coefficient (Wildman–Crippen LogP) is 4.76. The van der Waals surface area contributed by atoms with Crippen LogP contribution >= 0.6 is 12.2 Å². The molecule has 0 spiro atoms. The van der Waals surface area contributed by atoms with Gasteiger partial charge in [0.1, 0.15) is 17.5 Å². The Kier molecular flexibility index (Phi) is 5.25. The number of methoxy groups -OCH3 is 1. The lowest BCUT2D eigenvalue weighted by Crippen LogP contribution is -2.30. The first kappa shape index (κ1) is 20.1. The van der Waals surface area contributed by atoms with Gasteiger partial charge in [-0.3, -0.25) is 4.98 Å². The zero-order chi connectivity index (χ0) is 22.1. The Bertz CT molecular complexity index is 1240. The molecule has 1 saturated heterocycles. The fraction of sp³-hybridized carbons (Fsp3) is 0.120. The number of aromatic nitrogens is 2. The highest BCUT2D eigenvalue weighted by Gasteiger charge is 2.42. The summed E-state index contributed by atoms with van der Waals surface area (Å²) in [5, 5.41) is 13.8. The number of ether oxygens (including phenoxy) is 1. The molecule has 0 amide bonds. The second-order valence-corrected chi connectivity index (χ2v) is 7.90. The minimum Gasteiger partial charge on any atom is -0.508 e. The van der Waals surface area contributed by atoms with Gasteiger partial charge in [-0.2, -0.15) is 0 Å². The zero-order valence-corrected chi connectivity index (χ0v) is 18.2. The Morgan fingerprint density at radius 2 is 1.81 bits per heavy atom. The molecule has 5 rings (SSSR count). The van der Waals surface area contributed by atoms with Gasteiger partial charge in [0.15, 0.2) is 5.11 Å². The van der Waals surface area contributed by atoms with E-state index in [1.165, 1.54) is 0 Å². The lowest BCUT2D eigenvalue weighted by molar-refractivity contribution is 0.414. The van der Waals surface area contributed by atoms with Crippen molar-refractivity contribution >= 4 is 23.0 Å². The Labute approximate surface area is 191 Å². The molecule has 2 aromatic carbocycles. The molecule has 7 heteroatoms. The van der Waals surface area contributed by atoms with E-state index in [1.54, 1.807) is 25.4 Å². The van der Waals surface area contributed by atoms with E-state index in [-0.39, 0.29) is 17.8 Å². The lowest BCUT2D eigenvalue weighted by Gasteiger charge is -2.29. The minimum absolute atomic E-state index is 0.152. The highest BCUT2D eigenvalue weighted by Crippen LogP contribution is 2.42. The van der Waals surface area contributed by atoms with Crippen molar-refractivity contribution in [1.29, 1.82) is 0 Å². The molecule has 0 saturated carbocycles. The van der Waals surface area contributed by atoms with Crippen molar-refractivity contribution in [3.63, 3.8) is 0 Å². The summed E-state index contributed by atoms with van der Waals surface area (Å²) in [6.07, 6.45) is 3.81. The van der Waals surface area contributed by atoms with Crippen molar-refractivity contribution in [3.8, 4) is 17.2 Å². The van der Waals surface area contributed by atoms with Crippen molar-refractivity contribution in [3.05, 3.63) is 103 Å². The number of hydrogen-bond acceptors (Lipinski definition) is 4. The topological polar surface area (TPSA) is 62.5 Å². The van der Waals surface area contributed by atoms with Gasteiger partial charge < -0.3 is 24.6 Å². The quantitative estimate of drug-likeness (QED) is 0.435. The number of nitrogens with zero attached hydrogens (tertiary/aromatic N) is 3. The second kappa shape index (κ2) is 8.36. The molecule has 6 nitrogen and oxygen atoms in total. The highest BCUT2D eigenvalue weighted by molar-refractivity contribution is 7.80. The van der Waals surface area contributed by atoms with Crippen LogP contribution < -0.4 is 15.0 Å². The number of pyridine rings is 1. The largest absolute Gasteiger partial charge is 0.508 e. The van der Waals surface area contributed by atoms with E-state index < -0.39 is 0 Å². The second-order valence-electron chi connectivity index (χ2n) is 7.52. The fourth-order valence-electron chi connectivity index (χ4n) is 4.18. The lowest BCUT2D eigenvalue weighted by atomic mass is 10.0. The van der Waals surface area contributed by atoms with Gasteiger partial charge >= 0.3 is 0 Å². The van der Waals surface area contributed by atoms with Gasteiger partial charge in [-0.05, 0) is 72.9 Å². The molecule has 0 radical (unpaired) electrons. The Morgan fingerprint density at radius 3 is 2.56 bits per heavy atom. The summed E-state index contributed by atoms with van der Waals surface area (Å²) in [6.45, 7) is 0. The van der Waals surface area contributed by atoms with E-state index in [0.29, 0.717) is 5.11 Å². The zero-order valence-electron chi connectivity index (χ0n) is 17.4. The van der Waals surface area contributed by atoms with E-state index >= 15 is 0 Å². The molecule has 1 aliphatic heterocycles. The SMILES string of the molecule is COc1cccc(N2C(=S)N[C@H](c3ccccn3)[C@@H]2c2cccn2-c2ccc(O)cc2)c1. The summed E-state index contributed by atoms with van der Waals surface area (Å²) in [4.78, 5) is 6.73. The summed E-state index contributed by atoms with van der Waals surface area (Å²) >= 11 is 5.81. The third kappa shape index (κ3) is 3.56. The van der Waals surface area contributed by atoms with Crippen LogP contribution in [0, 0.1) is 0 Å². The van der Waals surface area contributed by atoms with E-state index in [9.17, 15) is 5.11 Å². The Balaban J connectivity index is 1.66. The third-order valence-electron chi connectivity index (χ3n) is 5.64. The van der Waals surface area contributed by atoms with Gasteiger partial charge in [0, 0.05) is 35.5 Å². The first-order valence-electron chi connectivity index (χ1n) is 10.3. The first-order chi connectivity index (χ1) is 15.7. The van der Waals surface area contributed by atoms with Crippen LogP contribution in [0.2, 0.25) is 0 Å². The molecule has 0 aliphatic carbocycles. The molecule has 3 heterocycles. The monoisotopic (exact) mass is 442 g/mol. The number of benzene rings is 2. The van der Waals surface area contributed by atoms with Crippen molar-refractivity contribution in [2.75, 3.05) is 12.0 Å². The van der Waals surface area contributed by atoms with E-state index in [0.717, 1.165) is 28.5 Å². The van der Waals surface area contributed by atoms with Crippen molar-refractivity contribution < 1.29 is 9.84 Å². The first-order valence-corrected chi connectivity index (χ1v) is 10.7. The van der Waals surface area contributed by atoms with Gasteiger partial charge in [-0.15, -0.1) is 0 Å². The van der Waals surface area contributed by atoms with Gasteiger partial charge in [-0.25, -0.2) is 0 Å². The van der Waals surface area contributed by atoms with Crippen LogP contribution in [0.5, 0.6) is 11.5 Å². The molecule has 1 fully saturated rings. The molecule has 160 valence electrons. The average molecular weight is 443 g/mol. The Morgan fingerprint density at radius 1 is 0.969 bits per heavy atom. The van der Waals surface area contributed by atoms with Crippen molar-refractivity contribution in [2.24, 2.45) is 0 Å². The van der Waals surface area contributed by atoms with Gasteiger partial charge in [-0.1, -0.05) is 12.1 Å². The number of phenolic OH excluding ortho intramolecular Hbond substituents is 1. The molecule has 4 aromatic rings. The highest BCUT2D eigenvalue weighted by atomic mass is 32.1. The number of anilines is 1. The summed E-state index contributed by atoms with van der Waals surface area (Å²) < 4.78 is 7.57. The molecule has 2 aromatic heterocycles. The fourth-order valence-corrected chi connectivity index (χ4v) is 4.52. The number of hydrogen-bond donors (Lipinski definition) is 2. The maximum atomic E-state index is 9.74. The van der Waals surface area contributed by atoms with Crippen LogP contribution in [-0.2, 0) is 0 Å². The predicted molar refractivity (Wildman–Crippen MR) is 128 cm³/mol. The Hall–Kier alpha value is -3.84. The van der Waals surface area contributed by atoms with Gasteiger partial charge in [0.05, 0.1) is 18.8 Å². The molecule has 2 atom stereocenters. The molecular weight excluding hydrogens is 420 g/mol. The normalized spacial score (nSPS) is 17.9. The number of nitrogens with one attached hydrogen (secondary N) is 1. The molecular formula is C25H22N4O2S. The van der Waals surface area contributed by atoms with Crippen molar-refractivity contribution in [2.45, 2.75) is 12.1 Å². The smallest absolute Gasteiger partial charge is 0.174 e. The maximum Gasteiger partial charge on any atom is 0.174 e. The van der Waals surface area contributed by atoms with Crippen LogP contribution in [0.25, 0.3) is 5.69 Å². The van der Waals surface area contributed by atoms with Crippen LogP contribution in [0.4, 0.5) is 5.69 Å². The summed E-state index contributed by atoms with van der Waals surface area (Å²) in [7, 11) is 1.66. The number of rotatable bonds is 5. The standard InChI is InChI=1S/C25H22N4O2S/c1-31-20-7-4-6-18(16-20)29-24(23(27-25(29)32)21-8-2-3-14-26-21)22-9-5-15-28(22)17-10-12-19(30)13-11-17/h2-16,23-24,30H,1H3,(H,27,32)/t23-,24+/m1/s1. The molecule has 32 heavy (non-hydrogen) atoms. The molecule has 2 N–H and O–H groups in total. The van der Waals surface area contributed by atoms with Crippen LogP contribution in [0.15, 0.2) is 91.3 Å². The van der Waals surface area contributed by atoms with Crippen LogP contribution in [0.3, 0.4) is 0 Å². The third-order valence-corrected chi connectivity index (χ3v) is 5.96. The van der Waals surface area contributed by atoms with Gasteiger partial charge in [0.2, 0.25) is 0 Å². The van der Waals surface area contributed by atoms with E-state index in [2.05, 4.69) is 25.8 Å². The van der Waals surface area contributed by atoms with Gasteiger partial charge in [0.25, 0.3) is 0 Å². The molecule has 0 unspecified atom stereocenters. The summed E-state index contributed by atoms with van der Waals surface area (Å²) in [5.41, 5.74) is 3.83. The maximum absolute atomic E-state index is 9.74. The van der Waals surface area contributed by atoms with Crippen LogP contribution in [-0.4, -0.2) is 26.9 Å². The number of aromatic hydroxyl groups is 1. The number of thiocarbonyl (C=S) groups is 1. The molecule has 0 bridgehead atoms. The number of phenols is 1. The average Bonchev–Trinajstić information content (AvgIpc) is 3.44. The van der Waals surface area contributed by atoms with Crippen molar-refractivity contribution in [1.82, 2.24) is 14.9 Å².